The molecule has 1 aliphatic heterocycles. The van der Waals surface area contributed by atoms with Gasteiger partial charge in [-0.15, -0.1) is 0 Å². The molecule has 0 aliphatic carbocycles. The van der Waals surface area contributed by atoms with Crippen LogP contribution in [0.25, 0.3) is 0 Å². The second-order valence-corrected chi connectivity index (χ2v) is 4.56. The maximum atomic E-state index is 12.2. The molecule has 0 fully saturated rings. The minimum Gasteiger partial charge on any atom is -0.328 e. The van der Waals surface area contributed by atoms with Crippen LogP contribution in [-0.4, -0.2) is 19.6 Å². The van der Waals surface area contributed by atoms with Crippen LogP contribution >= 0.6 is 27.9 Å². The molecule has 1 aliphatic rings. The number of anilines is 1. The van der Waals surface area contributed by atoms with E-state index >= 15 is 0 Å². The summed E-state index contributed by atoms with van der Waals surface area (Å²) in [6, 6.07) is 5.90. The maximum absolute atomic E-state index is 12.2. The van der Waals surface area contributed by atoms with Crippen LogP contribution in [0, 0.1) is 0 Å². The highest BCUT2D eigenvalue weighted by Crippen LogP contribution is 2.35. The first kappa shape index (κ1) is 9.98. The molecule has 0 bridgehead atoms. The molecule has 0 N–H and O–H groups in total. The topological polar surface area (TPSA) is 15.6 Å². The van der Waals surface area contributed by atoms with Crippen molar-refractivity contribution in [3.05, 3.63) is 22.7 Å². The normalized spacial score (nSPS) is 14.3. The van der Waals surface area contributed by atoms with Gasteiger partial charge in [0.15, 0.2) is 0 Å². The molecule has 5 heteroatoms. The van der Waals surface area contributed by atoms with E-state index in [2.05, 4.69) is 20.3 Å². The first-order chi connectivity index (χ1) is 6.81. The Morgan fingerprint density at radius 1 is 1.50 bits per heavy atom. The molecule has 0 unspecified atom stereocenters. The van der Waals surface area contributed by atoms with E-state index in [9.17, 15) is 4.39 Å². The predicted molar refractivity (Wildman–Crippen MR) is 61.8 cm³/mol. The van der Waals surface area contributed by atoms with Gasteiger partial charge in [-0.05, 0) is 18.2 Å². The van der Waals surface area contributed by atoms with Crippen LogP contribution in [0.3, 0.4) is 0 Å². The van der Waals surface area contributed by atoms with Crippen molar-refractivity contribution in [3.63, 3.8) is 0 Å². The van der Waals surface area contributed by atoms with Crippen molar-refractivity contribution in [2.24, 2.45) is 4.40 Å². The molecular weight excluding hydrogens is 267 g/mol. The van der Waals surface area contributed by atoms with Crippen molar-refractivity contribution in [1.82, 2.24) is 0 Å². The molecule has 14 heavy (non-hydrogen) atoms. The smallest absolute Gasteiger partial charge is 0.107 e. The molecule has 74 valence electrons. The number of rotatable bonds is 2. The van der Waals surface area contributed by atoms with Gasteiger partial charge in [-0.1, -0.05) is 15.9 Å². The Morgan fingerprint density at radius 2 is 2.36 bits per heavy atom. The van der Waals surface area contributed by atoms with Gasteiger partial charge in [0.25, 0.3) is 0 Å². The highest BCUT2D eigenvalue weighted by Gasteiger charge is 2.14. The van der Waals surface area contributed by atoms with Gasteiger partial charge in [0.05, 0.1) is 17.1 Å². The van der Waals surface area contributed by atoms with E-state index in [1.54, 1.807) is 6.34 Å². The lowest BCUT2D eigenvalue weighted by atomic mass is 10.3. The molecule has 2 nitrogen and oxygen atoms in total. The van der Waals surface area contributed by atoms with Crippen LogP contribution in [-0.2, 0) is 0 Å². The van der Waals surface area contributed by atoms with Crippen LogP contribution in [0.1, 0.15) is 0 Å². The van der Waals surface area contributed by atoms with Gasteiger partial charge in [0, 0.05) is 16.4 Å². The van der Waals surface area contributed by atoms with E-state index in [1.807, 2.05) is 23.1 Å². The quantitative estimate of drug-likeness (QED) is 0.770. The third-order valence-electron chi connectivity index (χ3n) is 1.89. The van der Waals surface area contributed by atoms with E-state index in [1.165, 1.54) is 11.9 Å². The fourth-order valence-corrected chi connectivity index (χ4v) is 2.51. The Kier molecular flexibility index (Phi) is 3.08. The Morgan fingerprint density at radius 3 is 3.14 bits per heavy atom. The average Bonchev–Trinajstić information content (AvgIpc) is 2.18. The van der Waals surface area contributed by atoms with Crippen molar-refractivity contribution in [2.45, 2.75) is 4.90 Å². The minimum absolute atomic E-state index is 0.360. The highest BCUT2D eigenvalue weighted by molar-refractivity contribution is 9.10. The first-order valence-corrected chi connectivity index (χ1v) is 5.70. The number of nitrogens with zero attached hydrogens (tertiary/aromatic N) is 2. The fraction of sp³-hybridized carbons (Fsp3) is 0.222. The average molecular weight is 275 g/mol. The molecule has 1 aromatic carbocycles. The highest BCUT2D eigenvalue weighted by atomic mass is 79.9. The molecule has 0 amide bonds. The molecule has 0 aromatic heterocycles. The number of fused-ring (bicyclic) bond motifs is 1. The Bertz CT molecular complexity index is 370. The zero-order valence-electron chi connectivity index (χ0n) is 7.28. The van der Waals surface area contributed by atoms with Crippen molar-refractivity contribution >= 4 is 39.9 Å². The van der Waals surface area contributed by atoms with Gasteiger partial charge < -0.3 is 4.90 Å². The standard InChI is InChI=1S/C9H8BrFN2S/c10-7-1-2-8-9(5-7)14-12-6-13(8)4-3-11/h1-2,5-6H,3-4H2. The van der Waals surface area contributed by atoms with Gasteiger partial charge in [-0.3, -0.25) is 0 Å². The molecule has 0 saturated carbocycles. The zero-order valence-corrected chi connectivity index (χ0v) is 9.68. The maximum Gasteiger partial charge on any atom is 0.107 e. The van der Waals surface area contributed by atoms with E-state index in [0.717, 1.165) is 15.1 Å². The second kappa shape index (κ2) is 4.31. The molecule has 0 saturated heterocycles. The van der Waals surface area contributed by atoms with Gasteiger partial charge in [0.1, 0.15) is 13.0 Å². The van der Waals surface area contributed by atoms with Crippen LogP contribution in [0.15, 0.2) is 32.0 Å². The monoisotopic (exact) mass is 274 g/mol. The predicted octanol–water partition coefficient (Wildman–Crippen LogP) is 3.27. The van der Waals surface area contributed by atoms with Crippen molar-refractivity contribution < 1.29 is 4.39 Å². The zero-order chi connectivity index (χ0) is 9.97. The van der Waals surface area contributed by atoms with Gasteiger partial charge in [-0.25, -0.2) is 8.79 Å². The van der Waals surface area contributed by atoms with Crippen LogP contribution < -0.4 is 4.90 Å². The number of alkyl halides is 1. The lowest BCUT2D eigenvalue weighted by Crippen LogP contribution is -2.25. The van der Waals surface area contributed by atoms with Crippen molar-refractivity contribution in [3.8, 4) is 0 Å². The summed E-state index contributed by atoms with van der Waals surface area (Å²) in [5.74, 6) is 0. The Labute approximate surface area is 94.5 Å². The summed E-state index contributed by atoms with van der Waals surface area (Å²) in [5, 5.41) is 0. The van der Waals surface area contributed by atoms with Crippen LogP contribution in [0.2, 0.25) is 0 Å². The largest absolute Gasteiger partial charge is 0.328 e. The molecule has 1 aromatic rings. The first-order valence-electron chi connectivity index (χ1n) is 4.14. The summed E-state index contributed by atoms with van der Waals surface area (Å²) >= 11 is 4.80. The third-order valence-corrected chi connectivity index (χ3v) is 3.11. The lowest BCUT2D eigenvalue weighted by molar-refractivity contribution is 0.503. The summed E-state index contributed by atoms with van der Waals surface area (Å²) in [5.41, 5.74) is 1.02. The summed E-state index contributed by atoms with van der Waals surface area (Å²) in [4.78, 5) is 2.87. The summed E-state index contributed by atoms with van der Waals surface area (Å²) in [6.45, 7) is -0.00904. The number of benzene rings is 1. The second-order valence-electron chi connectivity index (χ2n) is 2.81. The fourth-order valence-electron chi connectivity index (χ4n) is 1.27. The summed E-state index contributed by atoms with van der Waals surface area (Å²) in [6.07, 6.45) is 1.67. The molecule has 0 radical (unpaired) electrons. The Balaban J connectivity index is 2.34. The molecule has 2 rings (SSSR count). The van der Waals surface area contributed by atoms with Crippen molar-refractivity contribution in [1.29, 1.82) is 0 Å². The van der Waals surface area contributed by atoms with E-state index in [4.69, 9.17) is 0 Å². The molecule has 0 spiro atoms. The SMILES string of the molecule is FCCN1C=NSc2cc(Br)ccc21. The third kappa shape index (κ3) is 1.93. The number of hydrogen-bond acceptors (Lipinski definition) is 3. The van der Waals surface area contributed by atoms with E-state index < -0.39 is 0 Å². The summed E-state index contributed by atoms with van der Waals surface area (Å²) in [7, 11) is 0. The van der Waals surface area contributed by atoms with Crippen LogP contribution in [0.4, 0.5) is 10.1 Å². The molecular formula is C9H8BrFN2S. The number of hydrogen-bond donors (Lipinski definition) is 0. The lowest BCUT2D eigenvalue weighted by Gasteiger charge is -2.23. The summed E-state index contributed by atoms with van der Waals surface area (Å²) < 4.78 is 17.3. The number of halogens is 2. The van der Waals surface area contributed by atoms with Crippen molar-refractivity contribution in [2.75, 3.05) is 18.1 Å². The van der Waals surface area contributed by atoms with E-state index in [-0.39, 0.29) is 6.67 Å². The van der Waals surface area contributed by atoms with Gasteiger partial charge in [0.2, 0.25) is 0 Å². The minimum atomic E-state index is -0.369. The van der Waals surface area contributed by atoms with Gasteiger partial charge >= 0.3 is 0 Å². The van der Waals surface area contributed by atoms with Crippen LogP contribution in [0.5, 0.6) is 0 Å². The molecule has 1 heterocycles. The molecule has 0 atom stereocenters. The van der Waals surface area contributed by atoms with Gasteiger partial charge in [-0.2, -0.15) is 0 Å². The Hall–Kier alpha value is -0.550. The van der Waals surface area contributed by atoms with E-state index in [0.29, 0.717) is 6.54 Å².